The molecule has 0 bridgehead atoms. The van der Waals surface area contributed by atoms with Crippen molar-refractivity contribution in [3.63, 3.8) is 0 Å². The first kappa shape index (κ1) is 14.2. The Morgan fingerprint density at radius 1 is 1.58 bits per heavy atom. The maximum absolute atomic E-state index is 12.6. The maximum Gasteiger partial charge on any atom is 0.187 e. The number of rotatable bonds is 6. The summed E-state index contributed by atoms with van der Waals surface area (Å²) in [6, 6.07) is 2.12. The number of hydrogen-bond acceptors (Lipinski definition) is 4. The second-order valence-corrected chi connectivity index (χ2v) is 5.32. The van der Waals surface area contributed by atoms with Crippen LogP contribution in [0, 0.1) is 5.92 Å². The third-order valence-electron chi connectivity index (χ3n) is 3.49. The fourth-order valence-corrected chi connectivity index (χ4v) is 2.45. The van der Waals surface area contributed by atoms with Gasteiger partial charge >= 0.3 is 0 Å². The van der Waals surface area contributed by atoms with Gasteiger partial charge in [-0.1, -0.05) is 6.92 Å². The van der Waals surface area contributed by atoms with Gasteiger partial charge in [0.1, 0.15) is 5.69 Å². The molecule has 1 saturated heterocycles. The van der Waals surface area contributed by atoms with Crippen LogP contribution in [-0.2, 0) is 4.74 Å². The molecule has 2 atom stereocenters. The van der Waals surface area contributed by atoms with Gasteiger partial charge in [-0.2, -0.15) is 5.10 Å². The van der Waals surface area contributed by atoms with E-state index in [2.05, 4.69) is 17.3 Å². The topological polar surface area (TPSA) is 56.1 Å². The van der Waals surface area contributed by atoms with E-state index in [1.54, 1.807) is 16.9 Å². The number of hydrogen-bond donors (Lipinski definition) is 1. The Kier molecular flexibility index (Phi) is 4.71. The summed E-state index contributed by atoms with van der Waals surface area (Å²) >= 11 is 0. The zero-order valence-corrected chi connectivity index (χ0v) is 11.9. The van der Waals surface area contributed by atoms with E-state index in [9.17, 15) is 4.79 Å². The number of carbonyl (C=O) groups is 1. The molecule has 0 saturated carbocycles. The molecule has 1 aliphatic rings. The minimum atomic E-state index is -0.0965. The summed E-state index contributed by atoms with van der Waals surface area (Å²) in [7, 11) is 0. The van der Waals surface area contributed by atoms with Crippen molar-refractivity contribution in [2.75, 3.05) is 19.8 Å². The molecule has 0 amide bonds. The van der Waals surface area contributed by atoms with Crippen LogP contribution in [0.1, 0.15) is 43.7 Å². The van der Waals surface area contributed by atoms with Gasteiger partial charge in [-0.15, -0.1) is 0 Å². The molecule has 1 fully saturated rings. The Hall–Kier alpha value is -1.20. The Morgan fingerprint density at radius 2 is 2.37 bits per heavy atom. The van der Waals surface area contributed by atoms with Gasteiger partial charge in [0.25, 0.3) is 0 Å². The van der Waals surface area contributed by atoms with Gasteiger partial charge in [-0.3, -0.25) is 9.48 Å². The lowest BCUT2D eigenvalue weighted by molar-refractivity contribution is 0.0878. The summed E-state index contributed by atoms with van der Waals surface area (Å²) in [6.45, 7) is 8.22. The first-order valence-corrected chi connectivity index (χ1v) is 7.04. The van der Waals surface area contributed by atoms with Crippen molar-refractivity contribution in [1.29, 1.82) is 0 Å². The molecule has 106 valence electrons. The molecular weight excluding hydrogens is 242 g/mol. The van der Waals surface area contributed by atoms with Crippen LogP contribution in [0.2, 0.25) is 0 Å². The summed E-state index contributed by atoms with van der Waals surface area (Å²) in [4.78, 5) is 12.6. The predicted molar refractivity (Wildman–Crippen MR) is 73.3 cm³/mol. The van der Waals surface area contributed by atoms with Gasteiger partial charge in [-0.05, 0) is 32.9 Å². The van der Waals surface area contributed by atoms with Crippen molar-refractivity contribution in [1.82, 2.24) is 15.1 Å². The van der Waals surface area contributed by atoms with Crippen molar-refractivity contribution in [3.05, 3.63) is 18.0 Å². The van der Waals surface area contributed by atoms with E-state index in [0.717, 1.165) is 13.0 Å². The SMILES string of the molecule is CCCNC1COCC1C(=O)c1ccnn1C(C)C. The van der Waals surface area contributed by atoms with E-state index >= 15 is 0 Å². The minimum Gasteiger partial charge on any atom is -0.379 e. The first-order chi connectivity index (χ1) is 9.15. The quantitative estimate of drug-likeness (QED) is 0.795. The Labute approximate surface area is 114 Å². The number of ketones is 1. The van der Waals surface area contributed by atoms with Crippen LogP contribution in [0.5, 0.6) is 0 Å². The van der Waals surface area contributed by atoms with Crippen molar-refractivity contribution in [3.8, 4) is 0 Å². The van der Waals surface area contributed by atoms with E-state index in [1.165, 1.54) is 0 Å². The molecule has 2 unspecified atom stereocenters. The third kappa shape index (κ3) is 3.04. The van der Waals surface area contributed by atoms with E-state index in [-0.39, 0.29) is 23.8 Å². The highest BCUT2D eigenvalue weighted by molar-refractivity contribution is 5.97. The van der Waals surface area contributed by atoms with Crippen molar-refractivity contribution >= 4 is 5.78 Å². The predicted octanol–water partition coefficient (Wildman–Crippen LogP) is 1.66. The van der Waals surface area contributed by atoms with Gasteiger partial charge in [0.15, 0.2) is 5.78 Å². The molecule has 1 aromatic heterocycles. The van der Waals surface area contributed by atoms with Crippen LogP contribution >= 0.6 is 0 Å². The molecule has 1 N–H and O–H groups in total. The van der Waals surface area contributed by atoms with E-state index < -0.39 is 0 Å². The van der Waals surface area contributed by atoms with Crippen LogP contribution in [0.25, 0.3) is 0 Å². The number of Topliss-reactive ketones (excluding diaryl/α,β-unsaturated/α-hetero) is 1. The molecule has 5 heteroatoms. The van der Waals surface area contributed by atoms with Crippen LogP contribution in [0.3, 0.4) is 0 Å². The summed E-state index contributed by atoms with van der Waals surface area (Å²) in [6.07, 6.45) is 2.75. The summed E-state index contributed by atoms with van der Waals surface area (Å²) < 4.78 is 7.26. The molecular formula is C14H23N3O2. The molecule has 0 aliphatic carbocycles. The minimum absolute atomic E-state index is 0.0965. The molecule has 0 radical (unpaired) electrons. The fraction of sp³-hybridized carbons (Fsp3) is 0.714. The second kappa shape index (κ2) is 6.30. The van der Waals surface area contributed by atoms with E-state index in [0.29, 0.717) is 18.9 Å². The zero-order chi connectivity index (χ0) is 13.8. The molecule has 2 rings (SSSR count). The van der Waals surface area contributed by atoms with Crippen molar-refractivity contribution in [2.24, 2.45) is 5.92 Å². The standard InChI is InChI=1S/C14H23N3O2/c1-4-6-15-12-9-19-8-11(12)14(18)13-5-7-16-17(13)10(2)3/h5,7,10-12,15H,4,6,8-9H2,1-3H3. The number of carbonyl (C=O) groups excluding carboxylic acids is 1. The number of aromatic nitrogens is 2. The van der Waals surface area contributed by atoms with Crippen LogP contribution in [-0.4, -0.2) is 41.4 Å². The summed E-state index contributed by atoms with van der Waals surface area (Å²) in [5, 5.41) is 7.63. The first-order valence-electron chi connectivity index (χ1n) is 7.04. The van der Waals surface area contributed by atoms with Crippen LogP contribution < -0.4 is 5.32 Å². The summed E-state index contributed by atoms with van der Waals surface area (Å²) in [5.41, 5.74) is 0.689. The van der Waals surface area contributed by atoms with Crippen LogP contribution in [0.4, 0.5) is 0 Å². The molecule has 0 spiro atoms. The maximum atomic E-state index is 12.6. The number of nitrogens with one attached hydrogen (secondary N) is 1. The molecule has 19 heavy (non-hydrogen) atoms. The Balaban J connectivity index is 2.11. The average Bonchev–Trinajstić information content (AvgIpc) is 3.04. The second-order valence-electron chi connectivity index (χ2n) is 5.32. The number of ether oxygens (including phenoxy) is 1. The lowest BCUT2D eigenvalue weighted by Crippen LogP contribution is -2.40. The third-order valence-corrected chi connectivity index (χ3v) is 3.49. The Bertz CT molecular complexity index is 428. The van der Waals surface area contributed by atoms with Crippen molar-refractivity contribution in [2.45, 2.75) is 39.3 Å². The van der Waals surface area contributed by atoms with Gasteiger partial charge < -0.3 is 10.1 Å². The van der Waals surface area contributed by atoms with E-state index in [4.69, 9.17) is 4.74 Å². The van der Waals surface area contributed by atoms with Gasteiger partial charge in [0.05, 0.1) is 19.1 Å². The van der Waals surface area contributed by atoms with Gasteiger partial charge in [0.2, 0.25) is 0 Å². The molecule has 1 aliphatic heterocycles. The molecule has 1 aromatic rings. The molecule has 2 heterocycles. The fourth-order valence-electron chi connectivity index (χ4n) is 2.45. The molecule has 0 aromatic carbocycles. The van der Waals surface area contributed by atoms with Gasteiger partial charge in [-0.25, -0.2) is 0 Å². The highest BCUT2D eigenvalue weighted by Gasteiger charge is 2.35. The highest BCUT2D eigenvalue weighted by Crippen LogP contribution is 2.20. The van der Waals surface area contributed by atoms with Crippen molar-refractivity contribution < 1.29 is 9.53 Å². The highest BCUT2D eigenvalue weighted by atomic mass is 16.5. The molecule has 5 nitrogen and oxygen atoms in total. The number of nitrogens with zero attached hydrogens (tertiary/aromatic N) is 2. The van der Waals surface area contributed by atoms with Gasteiger partial charge in [0, 0.05) is 18.3 Å². The normalized spacial score (nSPS) is 23.2. The summed E-state index contributed by atoms with van der Waals surface area (Å²) in [5.74, 6) is 0.0399. The lowest BCUT2D eigenvalue weighted by atomic mass is 9.96. The Morgan fingerprint density at radius 3 is 3.05 bits per heavy atom. The average molecular weight is 265 g/mol. The largest absolute Gasteiger partial charge is 0.379 e. The van der Waals surface area contributed by atoms with E-state index in [1.807, 2.05) is 13.8 Å². The lowest BCUT2D eigenvalue weighted by Gasteiger charge is -2.19. The smallest absolute Gasteiger partial charge is 0.187 e. The van der Waals surface area contributed by atoms with Crippen LogP contribution in [0.15, 0.2) is 12.3 Å². The zero-order valence-electron chi connectivity index (χ0n) is 11.9. The monoisotopic (exact) mass is 265 g/mol.